The molecular formula is C22H33N3O2. The molecule has 3 saturated heterocycles. The van der Waals surface area contributed by atoms with E-state index in [1.54, 1.807) is 0 Å². The molecule has 5 heteroatoms. The first-order chi connectivity index (χ1) is 13.2. The Morgan fingerprint density at radius 3 is 2.59 bits per heavy atom. The Hall–Kier alpha value is -1.59. The molecular weight excluding hydrogens is 338 g/mol. The third-order valence-corrected chi connectivity index (χ3v) is 6.49. The smallest absolute Gasteiger partial charge is 0.224 e. The van der Waals surface area contributed by atoms with Crippen molar-refractivity contribution in [1.29, 1.82) is 0 Å². The zero-order valence-corrected chi connectivity index (χ0v) is 16.5. The number of hydrogen-bond donors (Lipinski definition) is 1. The van der Waals surface area contributed by atoms with Crippen LogP contribution in [0.3, 0.4) is 0 Å². The molecule has 3 heterocycles. The minimum Gasteiger partial charge on any atom is -0.381 e. The lowest BCUT2D eigenvalue weighted by Crippen LogP contribution is -2.39. The molecule has 0 spiro atoms. The largest absolute Gasteiger partial charge is 0.381 e. The van der Waals surface area contributed by atoms with Crippen molar-refractivity contribution in [3.05, 3.63) is 29.8 Å². The van der Waals surface area contributed by atoms with Crippen LogP contribution in [0, 0.1) is 0 Å². The number of benzene rings is 1. The Labute approximate surface area is 163 Å². The predicted octanol–water partition coefficient (Wildman–Crippen LogP) is 2.59. The number of amides is 1. The van der Waals surface area contributed by atoms with Crippen molar-refractivity contribution < 1.29 is 9.53 Å². The third kappa shape index (κ3) is 4.64. The van der Waals surface area contributed by atoms with Crippen LogP contribution in [0.5, 0.6) is 0 Å². The van der Waals surface area contributed by atoms with E-state index in [-0.39, 0.29) is 11.9 Å². The Morgan fingerprint density at radius 2 is 1.89 bits per heavy atom. The molecule has 2 unspecified atom stereocenters. The van der Waals surface area contributed by atoms with Gasteiger partial charge < -0.3 is 15.0 Å². The van der Waals surface area contributed by atoms with Crippen molar-refractivity contribution in [2.75, 3.05) is 37.7 Å². The van der Waals surface area contributed by atoms with Crippen LogP contribution < -0.4 is 10.2 Å². The van der Waals surface area contributed by atoms with Gasteiger partial charge in [-0.05, 0) is 63.3 Å². The molecule has 1 N–H and O–H groups in total. The molecule has 148 valence electrons. The number of nitrogens with one attached hydrogen (secondary N) is 1. The van der Waals surface area contributed by atoms with Gasteiger partial charge in [-0.2, -0.15) is 0 Å². The number of rotatable bonds is 5. The van der Waals surface area contributed by atoms with E-state index >= 15 is 0 Å². The first kappa shape index (κ1) is 18.8. The van der Waals surface area contributed by atoms with Crippen molar-refractivity contribution in [3.63, 3.8) is 0 Å². The van der Waals surface area contributed by atoms with Crippen LogP contribution in [0.25, 0.3) is 0 Å². The van der Waals surface area contributed by atoms with Gasteiger partial charge in [0.05, 0.1) is 6.42 Å². The molecule has 1 aromatic carbocycles. The monoisotopic (exact) mass is 371 g/mol. The molecule has 0 bridgehead atoms. The fourth-order valence-electron chi connectivity index (χ4n) is 4.88. The zero-order chi connectivity index (χ0) is 18.6. The molecule has 0 saturated carbocycles. The molecule has 0 aromatic heterocycles. The van der Waals surface area contributed by atoms with Gasteiger partial charge >= 0.3 is 0 Å². The number of carbonyl (C=O) groups is 1. The van der Waals surface area contributed by atoms with Crippen molar-refractivity contribution in [2.24, 2.45) is 0 Å². The van der Waals surface area contributed by atoms with E-state index in [0.717, 1.165) is 50.8 Å². The second-order valence-electron chi connectivity index (χ2n) is 8.41. The van der Waals surface area contributed by atoms with Gasteiger partial charge in [0, 0.05) is 50.1 Å². The van der Waals surface area contributed by atoms with Gasteiger partial charge in [-0.1, -0.05) is 12.1 Å². The molecule has 1 aromatic rings. The van der Waals surface area contributed by atoms with Crippen molar-refractivity contribution in [2.45, 2.75) is 63.6 Å². The summed E-state index contributed by atoms with van der Waals surface area (Å²) in [6.45, 7) is 7.42. The Balaban J connectivity index is 1.28. The van der Waals surface area contributed by atoms with Crippen LogP contribution in [0.2, 0.25) is 0 Å². The lowest BCUT2D eigenvalue weighted by Gasteiger charge is -2.28. The highest BCUT2D eigenvalue weighted by atomic mass is 16.5. The summed E-state index contributed by atoms with van der Waals surface area (Å²) in [4.78, 5) is 17.5. The van der Waals surface area contributed by atoms with Crippen molar-refractivity contribution in [1.82, 2.24) is 10.2 Å². The topological polar surface area (TPSA) is 44.8 Å². The second kappa shape index (κ2) is 8.61. The molecule has 4 rings (SSSR count). The van der Waals surface area contributed by atoms with Gasteiger partial charge in [0.15, 0.2) is 0 Å². The molecule has 3 aliphatic rings. The predicted molar refractivity (Wildman–Crippen MR) is 108 cm³/mol. The SMILES string of the molecule is CC1CCCN1C1CCN(c2ccc(CC(=O)NC3CCOCC3)cc2)C1. The lowest BCUT2D eigenvalue weighted by molar-refractivity contribution is -0.121. The van der Waals surface area contributed by atoms with Crippen LogP contribution in [-0.2, 0) is 16.0 Å². The normalized spacial score (nSPS) is 27.2. The Kier molecular flexibility index (Phi) is 5.98. The maximum absolute atomic E-state index is 12.3. The number of hydrogen-bond acceptors (Lipinski definition) is 4. The Morgan fingerprint density at radius 1 is 1.11 bits per heavy atom. The van der Waals surface area contributed by atoms with E-state index in [1.807, 2.05) is 0 Å². The van der Waals surface area contributed by atoms with Crippen molar-refractivity contribution in [3.8, 4) is 0 Å². The van der Waals surface area contributed by atoms with Crippen molar-refractivity contribution >= 4 is 11.6 Å². The summed E-state index contributed by atoms with van der Waals surface area (Å²) in [6, 6.07) is 10.3. The Bertz CT molecular complexity index is 627. The molecule has 5 nitrogen and oxygen atoms in total. The number of anilines is 1. The van der Waals surface area contributed by atoms with Crippen LogP contribution in [0.1, 0.15) is 44.6 Å². The quantitative estimate of drug-likeness (QED) is 0.864. The van der Waals surface area contributed by atoms with Gasteiger partial charge in [0.2, 0.25) is 5.91 Å². The summed E-state index contributed by atoms with van der Waals surface area (Å²) in [5.74, 6) is 0.124. The molecule has 0 radical (unpaired) electrons. The molecule has 27 heavy (non-hydrogen) atoms. The molecule has 2 atom stereocenters. The molecule has 1 amide bonds. The first-order valence-electron chi connectivity index (χ1n) is 10.7. The summed E-state index contributed by atoms with van der Waals surface area (Å²) in [5.41, 5.74) is 2.38. The highest BCUT2D eigenvalue weighted by Crippen LogP contribution is 2.28. The van der Waals surface area contributed by atoms with Gasteiger partial charge in [-0.15, -0.1) is 0 Å². The third-order valence-electron chi connectivity index (χ3n) is 6.49. The van der Waals surface area contributed by atoms with E-state index < -0.39 is 0 Å². The number of carbonyl (C=O) groups excluding carboxylic acids is 1. The maximum Gasteiger partial charge on any atom is 0.224 e. The van der Waals surface area contributed by atoms with Crippen LogP contribution in [0.15, 0.2) is 24.3 Å². The van der Waals surface area contributed by atoms with E-state index in [1.165, 1.54) is 31.5 Å². The van der Waals surface area contributed by atoms with Crippen LogP contribution >= 0.6 is 0 Å². The molecule has 0 aliphatic carbocycles. The van der Waals surface area contributed by atoms with E-state index in [2.05, 4.69) is 46.3 Å². The molecule has 3 fully saturated rings. The average molecular weight is 372 g/mol. The van der Waals surface area contributed by atoms with Crippen LogP contribution in [-0.4, -0.2) is 61.8 Å². The number of likely N-dealkylation sites (tertiary alicyclic amines) is 1. The summed E-state index contributed by atoms with van der Waals surface area (Å²) in [5, 5.41) is 3.14. The van der Waals surface area contributed by atoms with Gasteiger partial charge in [-0.3, -0.25) is 9.69 Å². The summed E-state index contributed by atoms with van der Waals surface area (Å²) in [6.07, 6.45) is 6.28. The maximum atomic E-state index is 12.3. The second-order valence-corrected chi connectivity index (χ2v) is 8.41. The summed E-state index contributed by atoms with van der Waals surface area (Å²) < 4.78 is 5.35. The van der Waals surface area contributed by atoms with Gasteiger partial charge in [0.1, 0.15) is 0 Å². The fraction of sp³-hybridized carbons (Fsp3) is 0.682. The average Bonchev–Trinajstić information content (AvgIpc) is 3.32. The van der Waals surface area contributed by atoms with Gasteiger partial charge in [-0.25, -0.2) is 0 Å². The van der Waals surface area contributed by atoms with Gasteiger partial charge in [0.25, 0.3) is 0 Å². The minimum atomic E-state index is 0.124. The number of nitrogens with zero attached hydrogens (tertiary/aromatic N) is 2. The first-order valence-corrected chi connectivity index (χ1v) is 10.7. The minimum absolute atomic E-state index is 0.124. The highest BCUT2D eigenvalue weighted by Gasteiger charge is 2.32. The van der Waals surface area contributed by atoms with Crippen LogP contribution in [0.4, 0.5) is 5.69 Å². The molecule has 3 aliphatic heterocycles. The van der Waals surface area contributed by atoms with E-state index in [0.29, 0.717) is 12.5 Å². The van der Waals surface area contributed by atoms with E-state index in [9.17, 15) is 4.79 Å². The summed E-state index contributed by atoms with van der Waals surface area (Å²) in [7, 11) is 0. The standard InChI is InChI=1S/C22H33N3O2/c1-17-3-2-11-25(17)21-8-12-24(16-21)20-6-4-18(5-7-20)15-22(26)23-19-9-13-27-14-10-19/h4-7,17,19,21H,2-3,8-16H2,1H3,(H,23,26). The van der Waals surface area contributed by atoms with E-state index in [4.69, 9.17) is 4.74 Å². The zero-order valence-electron chi connectivity index (χ0n) is 16.5. The number of ether oxygens (including phenoxy) is 1. The lowest BCUT2D eigenvalue weighted by atomic mass is 10.1. The summed E-state index contributed by atoms with van der Waals surface area (Å²) >= 11 is 0. The fourth-order valence-corrected chi connectivity index (χ4v) is 4.88. The highest BCUT2D eigenvalue weighted by molar-refractivity contribution is 5.79.